The lowest BCUT2D eigenvalue weighted by molar-refractivity contribution is 1.36. The van der Waals surface area contributed by atoms with Gasteiger partial charge in [0.1, 0.15) is 5.69 Å². The minimum atomic E-state index is 0.824. The summed E-state index contributed by atoms with van der Waals surface area (Å²) in [7, 11) is 0. The molecule has 0 aliphatic heterocycles. The van der Waals surface area contributed by atoms with Gasteiger partial charge in [-0.15, -0.1) is 0 Å². The highest BCUT2D eigenvalue weighted by molar-refractivity contribution is 5.50. The Hall–Kier alpha value is -1.56. The summed E-state index contributed by atoms with van der Waals surface area (Å²) in [5.41, 5.74) is 4.34. The Bertz CT molecular complexity index is 262. The molecule has 0 aliphatic carbocycles. The maximum atomic E-state index is 8.16. The molecule has 1 N–H and O–H groups in total. The number of benzene rings is 1. The number of nitrogens with one attached hydrogen (secondary N) is 1. The van der Waals surface area contributed by atoms with E-state index in [1.807, 2.05) is 31.2 Å². The third-order valence-corrected chi connectivity index (χ3v) is 1.32. The first kappa shape index (κ1) is 6.56. The van der Waals surface area contributed by atoms with Gasteiger partial charge < -0.3 is 0 Å². The summed E-state index contributed by atoms with van der Waals surface area (Å²) in [6.07, 6.45) is 0. The standard InChI is InChI=1S/C7H8N3/c1-6-4-2-3-5-7(6)9-10-8/h2-5,9H,1H3/q+1. The summed E-state index contributed by atoms with van der Waals surface area (Å²) in [6, 6.07) is 7.58. The number of para-hydroxylation sites is 1. The molecule has 50 valence electrons. The van der Waals surface area contributed by atoms with Gasteiger partial charge in [-0.05, 0) is 24.0 Å². The van der Waals surface area contributed by atoms with Gasteiger partial charge in [-0.2, -0.15) is 0 Å². The van der Waals surface area contributed by atoms with Crippen LogP contribution in [0.2, 0.25) is 0 Å². The zero-order valence-electron chi connectivity index (χ0n) is 5.70. The van der Waals surface area contributed by atoms with Gasteiger partial charge in [-0.1, -0.05) is 18.2 Å². The SMILES string of the molecule is Cc1ccccc1N[N+]#N. The number of nitrogens with zero attached hydrogens (tertiary/aromatic N) is 2. The summed E-state index contributed by atoms with van der Waals surface area (Å²) in [6.45, 7) is 1.94. The first-order chi connectivity index (χ1) is 4.84. The van der Waals surface area contributed by atoms with Crippen molar-refractivity contribution in [1.29, 1.82) is 5.39 Å². The van der Waals surface area contributed by atoms with Crippen molar-refractivity contribution in [3.05, 3.63) is 34.9 Å². The second-order valence-corrected chi connectivity index (χ2v) is 2.03. The number of anilines is 1. The molecular weight excluding hydrogens is 126 g/mol. The second-order valence-electron chi connectivity index (χ2n) is 2.03. The van der Waals surface area contributed by atoms with E-state index in [1.165, 1.54) is 0 Å². The Kier molecular flexibility index (Phi) is 1.86. The van der Waals surface area contributed by atoms with Crippen LogP contribution in [0, 0.1) is 12.3 Å². The highest BCUT2D eigenvalue weighted by Crippen LogP contribution is 2.12. The van der Waals surface area contributed by atoms with Crippen molar-refractivity contribution in [3.8, 4) is 0 Å². The molecule has 10 heavy (non-hydrogen) atoms. The molecule has 0 fully saturated rings. The van der Waals surface area contributed by atoms with Crippen LogP contribution in [-0.4, -0.2) is 0 Å². The van der Waals surface area contributed by atoms with Crippen molar-refractivity contribution < 1.29 is 0 Å². The van der Waals surface area contributed by atoms with Gasteiger partial charge in [0.15, 0.2) is 0 Å². The average Bonchev–Trinajstić information content (AvgIpc) is 1.94. The van der Waals surface area contributed by atoms with Crippen LogP contribution < -0.4 is 5.43 Å². The van der Waals surface area contributed by atoms with Gasteiger partial charge in [0.2, 0.25) is 0 Å². The smallest absolute Gasteiger partial charge is 0.0618 e. The fraction of sp³-hybridized carbons (Fsp3) is 0.143. The Morgan fingerprint density at radius 3 is 2.70 bits per heavy atom. The summed E-state index contributed by atoms with van der Waals surface area (Å²) in [4.78, 5) is 0. The number of hydrogen-bond donors (Lipinski definition) is 1. The van der Waals surface area contributed by atoms with Crippen LogP contribution in [0.5, 0.6) is 0 Å². The third kappa shape index (κ3) is 1.23. The molecule has 1 rings (SSSR count). The fourth-order valence-electron chi connectivity index (χ4n) is 0.752. The minimum Gasteiger partial charge on any atom is -0.0618 e. The molecule has 0 amide bonds. The zero-order valence-corrected chi connectivity index (χ0v) is 5.70. The predicted octanol–water partition coefficient (Wildman–Crippen LogP) is 2.18. The molecule has 0 atom stereocenters. The fourth-order valence-corrected chi connectivity index (χ4v) is 0.752. The first-order valence-corrected chi connectivity index (χ1v) is 3.00. The molecule has 1 aromatic rings. The predicted molar refractivity (Wildman–Crippen MR) is 39.9 cm³/mol. The van der Waals surface area contributed by atoms with E-state index in [1.54, 1.807) is 0 Å². The van der Waals surface area contributed by atoms with E-state index in [0.29, 0.717) is 0 Å². The lowest BCUT2D eigenvalue weighted by atomic mass is 10.2. The molecule has 0 saturated carbocycles. The van der Waals surface area contributed by atoms with Crippen LogP contribution in [0.3, 0.4) is 0 Å². The van der Waals surface area contributed by atoms with Crippen molar-refractivity contribution in [2.75, 3.05) is 5.43 Å². The molecular formula is C7H8N3+. The van der Waals surface area contributed by atoms with E-state index >= 15 is 0 Å². The highest BCUT2D eigenvalue weighted by Gasteiger charge is 1.98. The van der Waals surface area contributed by atoms with Gasteiger partial charge in [-0.3, -0.25) is 0 Å². The lowest BCUT2D eigenvalue weighted by Crippen LogP contribution is -1.85. The summed E-state index contributed by atoms with van der Waals surface area (Å²) >= 11 is 0. The van der Waals surface area contributed by atoms with Crippen molar-refractivity contribution in [2.24, 2.45) is 0 Å². The van der Waals surface area contributed by atoms with Gasteiger partial charge in [0, 0.05) is 0 Å². The van der Waals surface area contributed by atoms with E-state index < -0.39 is 0 Å². The van der Waals surface area contributed by atoms with E-state index in [-0.39, 0.29) is 0 Å². The number of hydrogen-bond acceptors (Lipinski definition) is 2. The van der Waals surface area contributed by atoms with Gasteiger partial charge in [0.25, 0.3) is 5.39 Å². The van der Waals surface area contributed by atoms with Gasteiger partial charge in [-0.25, -0.2) is 0 Å². The van der Waals surface area contributed by atoms with E-state index in [4.69, 9.17) is 5.39 Å². The summed E-state index contributed by atoms with van der Waals surface area (Å²) in [5.74, 6) is 0. The van der Waals surface area contributed by atoms with Crippen LogP contribution in [0.15, 0.2) is 24.3 Å². The van der Waals surface area contributed by atoms with Crippen molar-refractivity contribution in [2.45, 2.75) is 6.92 Å². The van der Waals surface area contributed by atoms with Crippen LogP contribution in [-0.2, 0) is 0 Å². The molecule has 0 spiro atoms. The summed E-state index contributed by atoms with van der Waals surface area (Å²) in [5, 5.41) is 11.0. The molecule has 0 bridgehead atoms. The molecule has 3 heteroatoms. The maximum Gasteiger partial charge on any atom is 0.308 e. The van der Waals surface area contributed by atoms with Crippen LogP contribution in [0.25, 0.3) is 5.08 Å². The Morgan fingerprint density at radius 2 is 2.10 bits per heavy atom. The summed E-state index contributed by atoms with van der Waals surface area (Å²) < 4.78 is 0. The quantitative estimate of drug-likeness (QED) is 0.472. The Balaban J connectivity index is 2.94. The van der Waals surface area contributed by atoms with Gasteiger partial charge >= 0.3 is 5.08 Å². The molecule has 0 heterocycles. The number of aryl methyl sites for hydroxylation is 1. The van der Waals surface area contributed by atoms with Crippen LogP contribution in [0.1, 0.15) is 5.56 Å². The largest absolute Gasteiger partial charge is 0.308 e. The molecule has 1 aromatic carbocycles. The number of diazo groups is 1. The molecule has 3 nitrogen and oxygen atoms in total. The monoisotopic (exact) mass is 134 g/mol. The average molecular weight is 134 g/mol. The third-order valence-electron chi connectivity index (χ3n) is 1.32. The first-order valence-electron chi connectivity index (χ1n) is 3.00. The molecule has 0 aliphatic rings. The second kappa shape index (κ2) is 2.83. The van der Waals surface area contributed by atoms with Crippen LogP contribution in [0.4, 0.5) is 5.69 Å². The maximum absolute atomic E-state index is 8.16. The van der Waals surface area contributed by atoms with Crippen molar-refractivity contribution in [1.82, 2.24) is 0 Å². The molecule has 0 saturated heterocycles. The lowest BCUT2D eigenvalue weighted by Gasteiger charge is -1.92. The van der Waals surface area contributed by atoms with Crippen molar-refractivity contribution >= 4 is 5.69 Å². The Morgan fingerprint density at radius 1 is 1.40 bits per heavy atom. The van der Waals surface area contributed by atoms with E-state index in [0.717, 1.165) is 11.3 Å². The van der Waals surface area contributed by atoms with Crippen LogP contribution >= 0.6 is 0 Å². The molecule has 0 aromatic heterocycles. The normalized spacial score (nSPS) is 8.40. The van der Waals surface area contributed by atoms with E-state index in [9.17, 15) is 0 Å². The van der Waals surface area contributed by atoms with E-state index in [2.05, 4.69) is 10.5 Å². The van der Waals surface area contributed by atoms with Gasteiger partial charge in [0.05, 0.1) is 0 Å². The molecule has 0 radical (unpaired) electrons. The highest BCUT2D eigenvalue weighted by atomic mass is 15.3. The number of rotatable bonds is 1. The Labute approximate surface area is 59.3 Å². The topological polar surface area (TPSA) is 40.2 Å². The molecule has 0 unspecified atom stereocenters. The zero-order chi connectivity index (χ0) is 7.40. The van der Waals surface area contributed by atoms with Crippen molar-refractivity contribution in [3.63, 3.8) is 0 Å². The minimum absolute atomic E-state index is 0.824.